The fraction of sp³-hybridized carbons (Fsp3) is 0.562. The highest BCUT2D eigenvalue weighted by molar-refractivity contribution is 5.55. The van der Waals surface area contributed by atoms with Crippen molar-refractivity contribution in [2.45, 2.75) is 33.2 Å². The Balaban J connectivity index is 3.17. The van der Waals surface area contributed by atoms with Crippen molar-refractivity contribution in [2.75, 3.05) is 25.0 Å². The summed E-state index contributed by atoms with van der Waals surface area (Å²) in [5.41, 5.74) is 1.56. The molecule has 0 saturated carbocycles. The number of hydrogen-bond donors (Lipinski definition) is 1. The quantitative estimate of drug-likeness (QED) is 0.829. The Morgan fingerprint density at radius 3 is 2.60 bits per heavy atom. The third-order valence-corrected chi connectivity index (χ3v) is 3.32. The lowest BCUT2D eigenvalue weighted by atomic mass is 10.0. The van der Waals surface area contributed by atoms with Gasteiger partial charge in [0.2, 0.25) is 0 Å². The van der Waals surface area contributed by atoms with Gasteiger partial charge in [-0.05, 0) is 32.0 Å². The Morgan fingerprint density at radius 1 is 1.35 bits per heavy atom. The Labute approximate surface area is 121 Å². The van der Waals surface area contributed by atoms with Gasteiger partial charge in [0.25, 0.3) is 0 Å². The topological polar surface area (TPSA) is 39.1 Å². The van der Waals surface area contributed by atoms with Crippen molar-refractivity contribution in [3.63, 3.8) is 0 Å². The van der Waals surface area contributed by atoms with Crippen LogP contribution >= 0.6 is 0 Å². The molecule has 0 spiro atoms. The highest BCUT2D eigenvalue weighted by atomic mass is 19.1. The molecule has 0 aliphatic carbocycles. The predicted molar refractivity (Wildman–Crippen MR) is 81.2 cm³/mol. The molecule has 0 fully saturated rings. The van der Waals surface area contributed by atoms with Gasteiger partial charge in [-0.15, -0.1) is 0 Å². The fourth-order valence-corrected chi connectivity index (χ4v) is 2.31. The van der Waals surface area contributed by atoms with Crippen LogP contribution in [0.25, 0.3) is 0 Å². The minimum Gasteiger partial charge on any atom is -0.370 e. The van der Waals surface area contributed by atoms with Crippen molar-refractivity contribution in [3.05, 3.63) is 29.6 Å². The summed E-state index contributed by atoms with van der Waals surface area (Å²) in [6.07, 6.45) is 0.441. The molecule has 0 saturated heterocycles. The summed E-state index contributed by atoms with van der Waals surface area (Å²) in [5.74, 6) is 0.254. The summed E-state index contributed by atoms with van der Waals surface area (Å²) in [6, 6.07) is 7.26. The number of nitrogens with zero attached hydrogens (tertiary/aromatic N) is 2. The van der Waals surface area contributed by atoms with E-state index in [1.54, 1.807) is 6.07 Å². The van der Waals surface area contributed by atoms with Gasteiger partial charge in [-0.2, -0.15) is 5.26 Å². The molecule has 0 amide bonds. The maximum Gasteiger partial charge on any atom is 0.130 e. The van der Waals surface area contributed by atoms with Crippen molar-refractivity contribution in [3.8, 4) is 6.07 Å². The zero-order chi connectivity index (χ0) is 15.1. The summed E-state index contributed by atoms with van der Waals surface area (Å²) in [4.78, 5) is 2.11. The maximum atomic E-state index is 14.2. The largest absolute Gasteiger partial charge is 0.370 e. The number of nitriles is 1. The van der Waals surface area contributed by atoms with E-state index in [-0.39, 0.29) is 11.9 Å². The van der Waals surface area contributed by atoms with Gasteiger partial charge in [0.15, 0.2) is 0 Å². The third-order valence-electron chi connectivity index (χ3n) is 3.32. The van der Waals surface area contributed by atoms with Crippen LogP contribution in [0.4, 0.5) is 10.1 Å². The first kappa shape index (κ1) is 16.5. The Bertz CT molecular complexity index is 465. The highest BCUT2D eigenvalue weighted by Crippen LogP contribution is 2.29. The van der Waals surface area contributed by atoms with E-state index in [0.717, 1.165) is 12.2 Å². The smallest absolute Gasteiger partial charge is 0.130 e. The molecule has 0 aliphatic rings. The lowest BCUT2D eigenvalue weighted by Crippen LogP contribution is -2.31. The fourth-order valence-electron chi connectivity index (χ4n) is 2.31. The minimum atomic E-state index is -0.199. The van der Waals surface area contributed by atoms with Crippen LogP contribution in [0.2, 0.25) is 0 Å². The minimum absolute atomic E-state index is 0.0667. The zero-order valence-electron chi connectivity index (χ0n) is 12.8. The standard InChI is InChI=1S/C16H24FN3/c1-12(2)11-20(10-6-9-18)15-8-5-7-14(17)16(15)13(3)19-4/h5,7-8,12-13,19H,6,10-11H2,1-4H3. The molecule has 4 heteroatoms. The van der Waals surface area contributed by atoms with Gasteiger partial charge in [0, 0.05) is 30.4 Å². The average molecular weight is 277 g/mol. The van der Waals surface area contributed by atoms with Crippen molar-refractivity contribution < 1.29 is 4.39 Å². The molecule has 1 aromatic rings. The lowest BCUT2D eigenvalue weighted by molar-refractivity contribution is 0.553. The second-order valence-electron chi connectivity index (χ2n) is 5.43. The van der Waals surface area contributed by atoms with Gasteiger partial charge in [-0.1, -0.05) is 19.9 Å². The van der Waals surface area contributed by atoms with Gasteiger partial charge in [-0.3, -0.25) is 0 Å². The van der Waals surface area contributed by atoms with Gasteiger partial charge in [-0.25, -0.2) is 4.39 Å². The number of hydrogen-bond acceptors (Lipinski definition) is 3. The van der Waals surface area contributed by atoms with Crippen LogP contribution in [-0.2, 0) is 0 Å². The van der Waals surface area contributed by atoms with E-state index in [9.17, 15) is 4.39 Å². The van der Waals surface area contributed by atoms with Gasteiger partial charge >= 0.3 is 0 Å². The molecule has 1 rings (SSSR count). The summed E-state index contributed by atoms with van der Waals surface area (Å²) < 4.78 is 14.2. The van der Waals surface area contributed by atoms with E-state index in [1.807, 2.05) is 20.0 Å². The first-order chi connectivity index (χ1) is 9.51. The second-order valence-corrected chi connectivity index (χ2v) is 5.43. The van der Waals surface area contributed by atoms with Crippen molar-refractivity contribution in [1.29, 1.82) is 5.26 Å². The van der Waals surface area contributed by atoms with E-state index >= 15 is 0 Å². The van der Waals surface area contributed by atoms with E-state index < -0.39 is 0 Å². The predicted octanol–water partition coefficient (Wildman–Crippen LogP) is 3.48. The second kappa shape index (κ2) is 7.86. The molecule has 0 aliphatic heterocycles. The number of anilines is 1. The van der Waals surface area contributed by atoms with Crippen LogP contribution < -0.4 is 10.2 Å². The van der Waals surface area contributed by atoms with Crippen LogP contribution in [0.5, 0.6) is 0 Å². The van der Waals surface area contributed by atoms with E-state index in [1.165, 1.54) is 6.07 Å². The summed E-state index contributed by atoms with van der Waals surface area (Å²) in [6.45, 7) is 7.63. The average Bonchev–Trinajstić information content (AvgIpc) is 2.42. The van der Waals surface area contributed by atoms with Crippen LogP contribution in [-0.4, -0.2) is 20.1 Å². The van der Waals surface area contributed by atoms with Crippen molar-refractivity contribution in [1.82, 2.24) is 5.32 Å². The molecule has 0 aromatic heterocycles. The molecule has 1 atom stereocenters. The molecule has 20 heavy (non-hydrogen) atoms. The van der Waals surface area contributed by atoms with Crippen LogP contribution in [0.3, 0.4) is 0 Å². The number of rotatable bonds is 7. The zero-order valence-corrected chi connectivity index (χ0v) is 12.8. The normalized spacial score (nSPS) is 12.2. The molecule has 0 heterocycles. The molecular formula is C16H24FN3. The SMILES string of the molecule is CNC(C)c1c(F)cccc1N(CCC#N)CC(C)C. The lowest BCUT2D eigenvalue weighted by Gasteiger charge is -2.30. The molecule has 110 valence electrons. The molecule has 1 unspecified atom stereocenters. The van der Waals surface area contributed by atoms with Crippen LogP contribution in [0.1, 0.15) is 38.8 Å². The van der Waals surface area contributed by atoms with E-state index in [4.69, 9.17) is 5.26 Å². The summed E-state index contributed by atoms with van der Waals surface area (Å²) in [5, 5.41) is 11.9. The van der Waals surface area contributed by atoms with E-state index in [0.29, 0.717) is 24.4 Å². The van der Waals surface area contributed by atoms with Gasteiger partial charge in [0.05, 0.1) is 12.5 Å². The van der Waals surface area contributed by atoms with Gasteiger partial charge in [0.1, 0.15) is 5.82 Å². The first-order valence-electron chi connectivity index (χ1n) is 7.08. The van der Waals surface area contributed by atoms with Gasteiger partial charge < -0.3 is 10.2 Å². The molecule has 1 N–H and O–H groups in total. The first-order valence-corrected chi connectivity index (χ1v) is 7.08. The van der Waals surface area contributed by atoms with Crippen molar-refractivity contribution in [2.24, 2.45) is 5.92 Å². The number of halogens is 1. The highest BCUT2D eigenvalue weighted by Gasteiger charge is 2.19. The Kier molecular flexibility index (Phi) is 6.47. The Hall–Kier alpha value is -1.60. The summed E-state index contributed by atoms with van der Waals surface area (Å²) >= 11 is 0. The van der Waals surface area contributed by atoms with Crippen molar-refractivity contribution >= 4 is 5.69 Å². The third kappa shape index (κ3) is 4.21. The number of benzene rings is 1. The molecule has 1 aromatic carbocycles. The Morgan fingerprint density at radius 2 is 2.05 bits per heavy atom. The monoisotopic (exact) mass is 277 g/mol. The maximum absolute atomic E-state index is 14.2. The molecular weight excluding hydrogens is 253 g/mol. The van der Waals surface area contributed by atoms with E-state index in [2.05, 4.69) is 30.1 Å². The van der Waals surface area contributed by atoms with Crippen LogP contribution in [0.15, 0.2) is 18.2 Å². The molecule has 0 radical (unpaired) electrons. The van der Waals surface area contributed by atoms with Crippen LogP contribution in [0, 0.1) is 23.1 Å². The molecule has 0 bridgehead atoms. The number of nitrogens with one attached hydrogen (secondary N) is 1. The molecule has 3 nitrogen and oxygen atoms in total. The summed E-state index contributed by atoms with van der Waals surface area (Å²) in [7, 11) is 1.82.